The summed E-state index contributed by atoms with van der Waals surface area (Å²) >= 11 is 0. The Hall–Kier alpha value is -5.81. The van der Waals surface area contributed by atoms with Crippen molar-refractivity contribution >= 4 is 52.2 Å². The fourth-order valence-electron chi connectivity index (χ4n) is 10.1. The summed E-state index contributed by atoms with van der Waals surface area (Å²) in [5, 5.41) is 16.8. The number of carbonyl (C=O) groups is 6. The van der Waals surface area contributed by atoms with Crippen LogP contribution in [0.15, 0.2) is 65.8 Å². The molecule has 3 heterocycles. The van der Waals surface area contributed by atoms with Gasteiger partial charge in [0.05, 0.1) is 12.2 Å². The van der Waals surface area contributed by atoms with Gasteiger partial charge >= 0.3 is 0 Å². The number of carbonyl (C=O) groups excluding carboxylic acids is 6. The van der Waals surface area contributed by atoms with Crippen LogP contribution in [0.25, 0.3) is 10.9 Å². The predicted molar refractivity (Wildman–Crippen MR) is 264 cm³/mol. The summed E-state index contributed by atoms with van der Waals surface area (Å²) in [6.45, 7) is 1.30. The van der Waals surface area contributed by atoms with Crippen molar-refractivity contribution in [3.05, 3.63) is 71.9 Å². The number of para-hydroxylation sites is 1. The lowest BCUT2D eigenvalue weighted by atomic mass is 9.85. The van der Waals surface area contributed by atoms with Crippen molar-refractivity contribution in [3.8, 4) is 0 Å². The van der Waals surface area contributed by atoms with Crippen molar-refractivity contribution in [2.24, 2.45) is 34.0 Å². The third-order valence-corrected chi connectivity index (χ3v) is 13.8. The van der Waals surface area contributed by atoms with Gasteiger partial charge in [0.2, 0.25) is 29.5 Å². The van der Waals surface area contributed by atoms with Gasteiger partial charge in [0.25, 0.3) is 0 Å². The van der Waals surface area contributed by atoms with Gasteiger partial charge in [-0.1, -0.05) is 87.1 Å². The molecule has 2 aromatic carbocycles. The average Bonchev–Trinajstić information content (AvgIpc) is 4.00. The van der Waals surface area contributed by atoms with E-state index < -0.39 is 48.1 Å². The lowest BCUT2D eigenvalue weighted by Crippen LogP contribution is -2.59. The number of guanidine groups is 1. The summed E-state index contributed by atoms with van der Waals surface area (Å²) in [4.78, 5) is 94.9. The first-order chi connectivity index (χ1) is 33.0. The predicted octanol–water partition coefficient (Wildman–Crippen LogP) is 3.34. The SMILES string of the molecule is NCCCCCC(=O)N[C@@H](Cc1ccccc1)C(=O)N[C@H]1CCCNC(=O)[C@H](CCCN=C(N)N)CC(=O)[C@H](Cc2c[nH]c3ccccc23)N[C@@H](CC2CCCCC2)NC(=O)[C@@H]2CCCN2C1=O. The molecule has 0 unspecified atom stereocenters. The number of fused-ring (bicyclic) bond motifs is 2. The summed E-state index contributed by atoms with van der Waals surface area (Å²) in [5.74, 6) is -2.45. The number of aromatic amines is 1. The van der Waals surface area contributed by atoms with Crippen LogP contribution < -0.4 is 43.8 Å². The van der Waals surface area contributed by atoms with E-state index >= 15 is 0 Å². The Labute approximate surface area is 400 Å². The van der Waals surface area contributed by atoms with Crippen LogP contribution in [-0.2, 0) is 41.6 Å². The highest BCUT2D eigenvalue weighted by molar-refractivity contribution is 5.95. The van der Waals surface area contributed by atoms with E-state index in [0.29, 0.717) is 70.4 Å². The van der Waals surface area contributed by atoms with Gasteiger partial charge in [-0.25, -0.2) is 0 Å². The van der Waals surface area contributed by atoms with Crippen molar-refractivity contribution in [3.63, 3.8) is 0 Å². The van der Waals surface area contributed by atoms with Gasteiger partial charge in [-0.3, -0.25) is 39.1 Å². The smallest absolute Gasteiger partial charge is 0.245 e. The topological polar surface area (TPSA) is 272 Å². The third kappa shape index (κ3) is 15.6. The first-order valence-electron chi connectivity index (χ1n) is 25.1. The minimum Gasteiger partial charge on any atom is -0.370 e. The van der Waals surface area contributed by atoms with Crippen LogP contribution in [0.3, 0.4) is 0 Å². The lowest BCUT2D eigenvalue weighted by molar-refractivity contribution is -0.142. The summed E-state index contributed by atoms with van der Waals surface area (Å²) < 4.78 is 0. The maximum Gasteiger partial charge on any atom is 0.245 e. The summed E-state index contributed by atoms with van der Waals surface area (Å²) in [6, 6.07) is 13.7. The molecule has 3 fully saturated rings. The minimum absolute atomic E-state index is 0.0581. The van der Waals surface area contributed by atoms with E-state index in [9.17, 15) is 28.8 Å². The van der Waals surface area contributed by atoms with Crippen LogP contribution in [0, 0.1) is 11.8 Å². The van der Waals surface area contributed by atoms with Gasteiger partial charge in [0, 0.05) is 61.9 Å². The van der Waals surface area contributed by atoms with E-state index in [-0.39, 0.29) is 68.2 Å². The molecule has 0 bridgehead atoms. The zero-order chi connectivity index (χ0) is 48.3. The first kappa shape index (κ1) is 51.6. The molecule has 2 aliphatic heterocycles. The zero-order valence-corrected chi connectivity index (χ0v) is 39.7. The Bertz CT molecular complexity index is 2150. The van der Waals surface area contributed by atoms with Crippen LogP contribution in [0.5, 0.6) is 0 Å². The number of benzene rings is 2. The van der Waals surface area contributed by atoms with Crippen LogP contribution in [0.2, 0.25) is 0 Å². The van der Waals surface area contributed by atoms with E-state index in [1.54, 1.807) is 4.90 Å². The molecule has 1 aromatic heterocycles. The number of nitrogens with zero attached hydrogens (tertiary/aromatic N) is 2. The van der Waals surface area contributed by atoms with Crippen molar-refractivity contribution < 1.29 is 28.8 Å². The highest BCUT2D eigenvalue weighted by atomic mass is 16.2. The molecule has 0 radical (unpaired) electrons. The van der Waals surface area contributed by atoms with Gasteiger partial charge < -0.3 is 48.4 Å². The van der Waals surface area contributed by atoms with Gasteiger partial charge in [0.15, 0.2) is 11.7 Å². The van der Waals surface area contributed by atoms with Gasteiger partial charge in [-0.2, -0.15) is 0 Å². The average molecular weight is 938 g/mol. The Balaban J connectivity index is 1.29. The number of Topliss-reactive ketones (excluding diaryl/α,β-unsaturated/α-hetero) is 1. The normalized spacial score (nSPS) is 23.0. The van der Waals surface area contributed by atoms with Crippen molar-refractivity contribution in [2.75, 3.05) is 26.2 Å². The van der Waals surface area contributed by atoms with Crippen LogP contribution in [0.4, 0.5) is 0 Å². The lowest BCUT2D eigenvalue weighted by Gasteiger charge is -2.33. The van der Waals surface area contributed by atoms with Crippen LogP contribution >= 0.6 is 0 Å². The largest absolute Gasteiger partial charge is 0.370 e. The molecule has 68 heavy (non-hydrogen) atoms. The van der Waals surface area contributed by atoms with E-state index in [0.717, 1.165) is 67.0 Å². The second kappa shape index (κ2) is 26.7. The maximum atomic E-state index is 14.8. The molecule has 6 atom stereocenters. The molecule has 5 amide bonds. The Morgan fingerprint density at radius 1 is 0.853 bits per heavy atom. The molecule has 3 aliphatic rings. The monoisotopic (exact) mass is 938 g/mol. The Morgan fingerprint density at radius 2 is 1.63 bits per heavy atom. The van der Waals surface area contributed by atoms with Gasteiger partial charge in [-0.15, -0.1) is 0 Å². The number of amides is 5. The second-order valence-electron chi connectivity index (χ2n) is 19.0. The quantitative estimate of drug-likeness (QED) is 0.0510. The van der Waals surface area contributed by atoms with Crippen molar-refractivity contribution in [2.45, 2.75) is 152 Å². The number of rotatable bonds is 18. The number of H-pyrrole nitrogens is 1. The summed E-state index contributed by atoms with van der Waals surface area (Å²) in [5.41, 5.74) is 19.6. The van der Waals surface area contributed by atoms with E-state index in [2.05, 4.69) is 36.6 Å². The number of ketones is 1. The molecule has 2 saturated heterocycles. The molecular formula is C51H75N11O6. The van der Waals surface area contributed by atoms with E-state index in [1.165, 1.54) is 0 Å². The first-order valence-corrected chi connectivity index (χ1v) is 25.1. The number of nitrogens with one attached hydrogen (secondary N) is 6. The molecule has 370 valence electrons. The second-order valence-corrected chi connectivity index (χ2v) is 19.0. The van der Waals surface area contributed by atoms with Gasteiger partial charge in [-0.05, 0) is 93.9 Å². The number of hydrogen-bond donors (Lipinski definition) is 9. The Kier molecular flexibility index (Phi) is 20.2. The third-order valence-electron chi connectivity index (χ3n) is 13.8. The van der Waals surface area contributed by atoms with E-state index in [4.69, 9.17) is 17.2 Å². The van der Waals surface area contributed by atoms with Crippen LogP contribution in [-0.4, -0.2) is 108 Å². The van der Waals surface area contributed by atoms with E-state index in [1.807, 2.05) is 60.8 Å². The molecule has 17 heteroatoms. The minimum atomic E-state index is -1.06. The molecule has 1 saturated carbocycles. The molecule has 17 nitrogen and oxygen atoms in total. The Morgan fingerprint density at radius 3 is 2.41 bits per heavy atom. The fourth-order valence-corrected chi connectivity index (χ4v) is 10.1. The number of aliphatic imine (C=N–C) groups is 1. The van der Waals surface area contributed by atoms with Crippen LogP contribution in [0.1, 0.15) is 120 Å². The molecule has 3 aromatic rings. The number of nitrogens with two attached hydrogens (primary N) is 3. The fraction of sp³-hybridized carbons (Fsp3) is 0.588. The molecular weight excluding hydrogens is 863 g/mol. The van der Waals surface area contributed by atoms with Crippen molar-refractivity contribution in [1.82, 2.24) is 36.5 Å². The molecule has 6 rings (SSSR count). The van der Waals surface area contributed by atoms with Crippen molar-refractivity contribution in [1.29, 1.82) is 0 Å². The maximum absolute atomic E-state index is 14.8. The summed E-state index contributed by atoms with van der Waals surface area (Å²) in [7, 11) is 0. The molecule has 1 aliphatic carbocycles. The molecule has 0 spiro atoms. The highest BCUT2D eigenvalue weighted by Crippen LogP contribution is 2.29. The zero-order valence-electron chi connectivity index (χ0n) is 39.7. The number of unbranched alkanes of at least 4 members (excludes halogenated alkanes) is 2. The number of hydrogen-bond acceptors (Lipinski definition) is 9. The standard InChI is InChI=1S/C51H75N11O6/c52-25-11-3-8-24-46(64)59-42(29-34-15-4-1-5-16-34)48(66)60-40-22-13-26-55-47(65)36(19-12-27-56-51(53)54)32-44(63)41(31-37-33-57-39-21-10-9-20-38(37)39)58-45(30-35-17-6-2-7-18-35)61-49(67)43-23-14-28-62(43)50(40)68/h1,4-5,9-10,15-16,20-21,33,35-36,40-43,45,57-58H,2-3,6-8,11-14,17-19,22-32,52H2,(H,55,65)(H,59,64)(H,60,66)(H,61,67)(H4,53,54,56)/t36-,40+,41+,42+,43+,45-/m1/s1. The molecule has 12 N–H and O–H groups in total. The summed E-state index contributed by atoms with van der Waals surface area (Å²) in [6.07, 6.45) is 12.4. The van der Waals surface area contributed by atoms with Gasteiger partial charge in [0.1, 0.15) is 18.1 Å². The highest BCUT2D eigenvalue weighted by Gasteiger charge is 2.40. The number of aromatic nitrogens is 1.